The van der Waals surface area contributed by atoms with E-state index in [2.05, 4.69) is 69.3 Å². The molecule has 0 bridgehead atoms. The van der Waals surface area contributed by atoms with Gasteiger partial charge < -0.3 is 14.4 Å². The van der Waals surface area contributed by atoms with E-state index >= 15 is 0 Å². The summed E-state index contributed by atoms with van der Waals surface area (Å²) in [5.41, 5.74) is 0. The second-order valence-electron chi connectivity index (χ2n) is 10.8. The topological polar surface area (TPSA) is 21.7 Å². The maximum atomic E-state index is 6.08. The largest absolute Gasteiger partial charge is 0.351 e. The normalized spacial score (nSPS) is 13.2. The molecule has 218 valence electrons. The van der Waals surface area contributed by atoms with Crippen molar-refractivity contribution in [3.8, 4) is 0 Å². The van der Waals surface area contributed by atoms with Crippen LogP contribution in [0, 0.1) is 0 Å². The minimum Gasteiger partial charge on any atom is -0.351 e. The summed E-state index contributed by atoms with van der Waals surface area (Å²) in [6, 6.07) is 0. The first-order chi connectivity index (χ1) is 18.2. The third-order valence-electron chi connectivity index (χ3n) is 6.60. The molecule has 0 saturated carbocycles. The van der Waals surface area contributed by atoms with E-state index in [1.54, 1.807) is 0 Å². The number of nitrogens with zero attached hydrogens (tertiary/aromatic N) is 1. The molecule has 0 aromatic heterocycles. The van der Waals surface area contributed by atoms with Crippen LogP contribution in [0.25, 0.3) is 0 Å². The molecule has 0 aromatic rings. The van der Waals surface area contributed by atoms with E-state index in [1.165, 1.54) is 109 Å². The van der Waals surface area contributed by atoms with Crippen LogP contribution in [0.5, 0.6) is 0 Å². The molecule has 0 spiro atoms. The zero-order chi connectivity index (χ0) is 27.1. The number of unbranched alkanes of at least 4 members (excludes halogenated alkanes) is 15. The molecule has 0 aromatic carbocycles. The van der Waals surface area contributed by atoms with Crippen molar-refractivity contribution in [2.24, 2.45) is 0 Å². The fourth-order valence-electron chi connectivity index (χ4n) is 4.27. The summed E-state index contributed by atoms with van der Waals surface area (Å²) in [5, 5.41) is 0. The molecule has 3 heteroatoms. The first kappa shape index (κ1) is 36.1. The average molecular weight is 520 g/mol. The summed E-state index contributed by atoms with van der Waals surface area (Å²) in [6.07, 6.45) is 39.4. The van der Waals surface area contributed by atoms with Gasteiger partial charge in [0.15, 0.2) is 6.29 Å². The van der Waals surface area contributed by atoms with Gasteiger partial charge in [-0.15, -0.1) is 0 Å². The quantitative estimate of drug-likeness (QED) is 0.0557. The molecule has 0 rings (SSSR count). The molecule has 0 aliphatic heterocycles. The Morgan fingerprint density at radius 3 is 1.41 bits per heavy atom. The minimum atomic E-state index is -0.0864. The standard InChI is InChI=1S/C34H65NO2/c1-5-7-9-11-13-15-17-18-19-20-21-22-24-26-28-30-32-37-34(33-35(3)4)36-31-29-27-25-23-16-14-12-10-8-6-2/h10,12-13,15,18-19,34H,5-9,11,14,16-17,20-33H2,1-4H3/b12-10-,15-13-,19-18-/t34-/m0/s1. The molecular formula is C34H65NO2. The smallest absolute Gasteiger partial charge is 0.170 e. The fourth-order valence-corrected chi connectivity index (χ4v) is 4.27. The monoisotopic (exact) mass is 520 g/mol. The lowest BCUT2D eigenvalue weighted by Crippen LogP contribution is -2.31. The SMILES string of the molecule is CCC/C=C\CCCCCCCO[C@H](CN(C)C)OCCCCCCCC/C=C\C/C=C\CCCCC. The molecule has 0 fully saturated rings. The highest BCUT2D eigenvalue weighted by atomic mass is 16.7. The molecular weight excluding hydrogens is 454 g/mol. The van der Waals surface area contributed by atoms with Gasteiger partial charge in [-0.2, -0.15) is 0 Å². The lowest BCUT2D eigenvalue weighted by atomic mass is 10.1. The van der Waals surface area contributed by atoms with E-state index in [0.717, 1.165) is 39.0 Å². The van der Waals surface area contributed by atoms with Crippen molar-refractivity contribution in [3.63, 3.8) is 0 Å². The molecule has 37 heavy (non-hydrogen) atoms. The molecule has 0 heterocycles. The third kappa shape index (κ3) is 31.2. The van der Waals surface area contributed by atoms with Crippen molar-refractivity contribution in [1.29, 1.82) is 0 Å². The van der Waals surface area contributed by atoms with Crippen LogP contribution < -0.4 is 0 Å². The van der Waals surface area contributed by atoms with Crippen molar-refractivity contribution < 1.29 is 9.47 Å². The lowest BCUT2D eigenvalue weighted by Gasteiger charge is -2.22. The summed E-state index contributed by atoms with van der Waals surface area (Å²) in [7, 11) is 4.18. The fraction of sp³-hybridized carbons (Fsp3) is 0.824. The molecule has 0 amide bonds. The van der Waals surface area contributed by atoms with E-state index < -0.39 is 0 Å². The highest BCUT2D eigenvalue weighted by Crippen LogP contribution is 2.10. The summed E-state index contributed by atoms with van der Waals surface area (Å²) >= 11 is 0. The van der Waals surface area contributed by atoms with Gasteiger partial charge in [0.2, 0.25) is 0 Å². The van der Waals surface area contributed by atoms with E-state index in [9.17, 15) is 0 Å². The van der Waals surface area contributed by atoms with Crippen LogP contribution in [0.1, 0.15) is 142 Å². The molecule has 3 nitrogen and oxygen atoms in total. The number of likely N-dealkylation sites (N-methyl/N-ethyl adjacent to an activating group) is 1. The molecule has 0 aliphatic carbocycles. The van der Waals surface area contributed by atoms with Gasteiger partial charge in [0.1, 0.15) is 0 Å². The zero-order valence-corrected chi connectivity index (χ0v) is 25.6. The van der Waals surface area contributed by atoms with Crippen molar-refractivity contribution in [3.05, 3.63) is 36.5 Å². The molecule has 0 unspecified atom stereocenters. The molecule has 1 atom stereocenters. The predicted molar refractivity (Wildman–Crippen MR) is 165 cm³/mol. The highest BCUT2D eigenvalue weighted by molar-refractivity contribution is 4.92. The first-order valence-electron chi connectivity index (χ1n) is 16.0. The number of hydrogen-bond donors (Lipinski definition) is 0. The Labute approximate surface area is 233 Å². The highest BCUT2D eigenvalue weighted by Gasteiger charge is 2.10. The van der Waals surface area contributed by atoms with Crippen LogP contribution in [-0.4, -0.2) is 45.0 Å². The maximum Gasteiger partial charge on any atom is 0.170 e. The van der Waals surface area contributed by atoms with Crippen molar-refractivity contribution >= 4 is 0 Å². The third-order valence-corrected chi connectivity index (χ3v) is 6.60. The summed E-state index contributed by atoms with van der Waals surface area (Å²) in [6.45, 7) is 6.97. The van der Waals surface area contributed by atoms with Gasteiger partial charge in [-0.1, -0.05) is 115 Å². The van der Waals surface area contributed by atoms with Crippen LogP contribution in [0.3, 0.4) is 0 Å². The van der Waals surface area contributed by atoms with E-state index in [-0.39, 0.29) is 6.29 Å². The van der Waals surface area contributed by atoms with Crippen LogP contribution in [0.2, 0.25) is 0 Å². The first-order valence-corrected chi connectivity index (χ1v) is 16.0. The number of rotatable bonds is 29. The van der Waals surface area contributed by atoms with Crippen LogP contribution >= 0.6 is 0 Å². The van der Waals surface area contributed by atoms with Gasteiger partial charge in [-0.05, 0) is 78.3 Å². The minimum absolute atomic E-state index is 0.0864. The number of allylic oxidation sites excluding steroid dienone is 6. The molecule has 0 N–H and O–H groups in total. The van der Waals surface area contributed by atoms with Gasteiger partial charge in [0.05, 0.1) is 0 Å². The van der Waals surface area contributed by atoms with Crippen LogP contribution in [-0.2, 0) is 9.47 Å². The molecule has 0 saturated heterocycles. The van der Waals surface area contributed by atoms with Gasteiger partial charge in [0, 0.05) is 19.8 Å². The number of hydrogen-bond acceptors (Lipinski definition) is 3. The van der Waals surface area contributed by atoms with Gasteiger partial charge >= 0.3 is 0 Å². The Morgan fingerprint density at radius 2 is 0.919 bits per heavy atom. The maximum absolute atomic E-state index is 6.08. The average Bonchev–Trinajstić information content (AvgIpc) is 2.88. The van der Waals surface area contributed by atoms with Gasteiger partial charge in [-0.3, -0.25) is 0 Å². The van der Waals surface area contributed by atoms with Crippen LogP contribution in [0.15, 0.2) is 36.5 Å². The number of ether oxygens (including phenoxy) is 2. The molecule has 0 aliphatic rings. The van der Waals surface area contributed by atoms with Gasteiger partial charge in [0.25, 0.3) is 0 Å². The summed E-state index contributed by atoms with van der Waals surface area (Å²) in [4.78, 5) is 2.16. The van der Waals surface area contributed by atoms with Crippen molar-refractivity contribution in [2.45, 2.75) is 149 Å². The summed E-state index contributed by atoms with van der Waals surface area (Å²) in [5.74, 6) is 0. The second-order valence-corrected chi connectivity index (χ2v) is 10.8. The Hall–Kier alpha value is -0.900. The van der Waals surface area contributed by atoms with Gasteiger partial charge in [-0.25, -0.2) is 0 Å². The van der Waals surface area contributed by atoms with E-state index in [0.29, 0.717) is 0 Å². The Bertz CT molecular complexity index is 512. The Balaban J connectivity index is 3.58. The zero-order valence-electron chi connectivity index (χ0n) is 25.6. The van der Waals surface area contributed by atoms with E-state index in [4.69, 9.17) is 9.47 Å². The predicted octanol–water partition coefficient (Wildman–Crippen LogP) is 10.4. The molecule has 0 radical (unpaired) electrons. The summed E-state index contributed by atoms with van der Waals surface area (Å²) < 4.78 is 12.1. The van der Waals surface area contributed by atoms with Crippen LogP contribution in [0.4, 0.5) is 0 Å². The Kier molecular flexibility index (Phi) is 30.6. The van der Waals surface area contributed by atoms with Crippen molar-refractivity contribution in [2.75, 3.05) is 33.9 Å². The lowest BCUT2D eigenvalue weighted by molar-refractivity contribution is -0.150. The second kappa shape index (κ2) is 31.3. The van der Waals surface area contributed by atoms with E-state index in [1.807, 2.05) is 0 Å². The van der Waals surface area contributed by atoms with Crippen molar-refractivity contribution in [1.82, 2.24) is 4.90 Å². The Morgan fingerprint density at radius 1 is 0.486 bits per heavy atom.